The lowest BCUT2D eigenvalue weighted by Gasteiger charge is -2.29. The van der Waals surface area contributed by atoms with Crippen molar-refractivity contribution < 1.29 is 37.1 Å². The molecule has 4 rings (SSSR count). The zero-order valence-electron chi connectivity index (χ0n) is 17.9. The molecule has 2 unspecified atom stereocenters. The summed E-state index contributed by atoms with van der Waals surface area (Å²) >= 11 is 0. The quantitative estimate of drug-likeness (QED) is 0.648. The van der Waals surface area contributed by atoms with E-state index in [1.54, 1.807) is 6.07 Å². The molecule has 4 amide bonds. The summed E-state index contributed by atoms with van der Waals surface area (Å²) < 4.78 is 45.1. The van der Waals surface area contributed by atoms with E-state index in [1.165, 1.54) is 36.1 Å². The molecule has 0 aromatic heterocycles. The van der Waals surface area contributed by atoms with Gasteiger partial charge in [0.1, 0.15) is 11.8 Å². The predicted octanol–water partition coefficient (Wildman–Crippen LogP) is 2.87. The third-order valence-corrected chi connectivity index (χ3v) is 5.67. The normalized spacial score (nSPS) is 18.9. The molecule has 2 N–H and O–H groups in total. The van der Waals surface area contributed by atoms with Crippen LogP contribution in [0.15, 0.2) is 42.5 Å². The van der Waals surface area contributed by atoms with E-state index in [9.17, 15) is 32.3 Å². The van der Waals surface area contributed by atoms with Gasteiger partial charge < -0.3 is 15.0 Å². The number of carbonyl (C=O) groups excluding carboxylic acids is 4. The molecule has 178 valence electrons. The zero-order valence-corrected chi connectivity index (χ0v) is 17.9. The fraction of sp³-hybridized carbons (Fsp3) is 0.304. The molecule has 8 nitrogen and oxygen atoms in total. The molecule has 0 aliphatic carbocycles. The van der Waals surface area contributed by atoms with Crippen LogP contribution in [0.3, 0.4) is 0 Å². The third-order valence-electron chi connectivity index (χ3n) is 5.67. The summed E-state index contributed by atoms with van der Waals surface area (Å²) in [6.07, 6.45) is -5.41. The number of halogens is 3. The molecule has 1 fully saturated rings. The van der Waals surface area contributed by atoms with Gasteiger partial charge in [0.2, 0.25) is 11.8 Å². The van der Waals surface area contributed by atoms with E-state index in [2.05, 4.69) is 10.6 Å². The molecule has 0 bridgehead atoms. The predicted molar refractivity (Wildman–Crippen MR) is 113 cm³/mol. The number of alkyl halides is 3. The van der Waals surface area contributed by atoms with Crippen LogP contribution >= 0.6 is 0 Å². The summed E-state index contributed by atoms with van der Waals surface area (Å²) in [6.45, 7) is 1.51. The Morgan fingerprint density at radius 3 is 2.62 bits per heavy atom. The van der Waals surface area contributed by atoms with Crippen molar-refractivity contribution in [2.24, 2.45) is 0 Å². The molecule has 1 saturated heterocycles. The Kier molecular flexibility index (Phi) is 6.03. The average Bonchev–Trinajstić information content (AvgIpc) is 3.09. The van der Waals surface area contributed by atoms with Crippen LogP contribution in [0.4, 0.5) is 18.9 Å². The van der Waals surface area contributed by atoms with E-state index < -0.39 is 35.7 Å². The average molecular weight is 475 g/mol. The molecule has 0 saturated carbocycles. The summed E-state index contributed by atoms with van der Waals surface area (Å²) in [5.41, 5.74) is -0.412. The molecule has 2 aliphatic rings. The van der Waals surface area contributed by atoms with Gasteiger partial charge in [0.05, 0.1) is 11.3 Å². The third kappa shape index (κ3) is 4.59. The van der Waals surface area contributed by atoms with Crippen LogP contribution in [0.1, 0.15) is 41.3 Å². The SMILES string of the molecule is CC(Oc1ccc2c(c1)CN(C1CCC(=O)NC1=O)C2=O)C(=O)Nc1ccccc1C(F)(F)F. The van der Waals surface area contributed by atoms with Crippen LogP contribution in [0.2, 0.25) is 0 Å². The first-order chi connectivity index (χ1) is 16.0. The number of para-hydroxylation sites is 1. The largest absolute Gasteiger partial charge is 0.481 e. The Hall–Kier alpha value is -3.89. The number of nitrogens with one attached hydrogen (secondary N) is 2. The minimum absolute atomic E-state index is 0.122. The van der Waals surface area contributed by atoms with Gasteiger partial charge in [-0.3, -0.25) is 24.5 Å². The highest BCUT2D eigenvalue weighted by Crippen LogP contribution is 2.35. The second-order valence-corrected chi connectivity index (χ2v) is 8.01. The van der Waals surface area contributed by atoms with Crippen molar-refractivity contribution in [2.45, 2.75) is 44.6 Å². The van der Waals surface area contributed by atoms with E-state index in [0.29, 0.717) is 11.1 Å². The molecule has 11 heteroatoms. The Morgan fingerprint density at radius 1 is 1.18 bits per heavy atom. The van der Waals surface area contributed by atoms with Crippen LogP contribution in [-0.4, -0.2) is 40.7 Å². The van der Waals surface area contributed by atoms with E-state index in [4.69, 9.17) is 4.74 Å². The van der Waals surface area contributed by atoms with Gasteiger partial charge >= 0.3 is 6.18 Å². The van der Waals surface area contributed by atoms with E-state index in [1.807, 2.05) is 0 Å². The number of fused-ring (bicyclic) bond motifs is 1. The molecule has 2 aliphatic heterocycles. The molecule has 2 atom stereocenters. The lowest BCUT2D eigenvalue weighted by atomic mass is 10.0. The highest BCUT2D eigenvalue weighted by atomic mass is 19.4. The topological polar surface area (TPSA) is 105 Å². The second kappa shape index (κ2) is 8.81. The Balaban J connectivity index is 1.44. The summed E-state index contributed by atoms with van der Waals surface area (Å²) in [5, 5.41) is 4.46. The van der Waals surface area contributed by atoms with Crippen LogP contribution in [0.5, 0.6) is 5.75 Å². The number of rotatable bonds is 5. The van der Waals surface area contributed by atoms with Gasteiger partial charge in [-0.15, -0.1) is 0 Å². The molecule has 2 heterocycles. The second-order valence-electron chi connectivity index (χ2n) is 8.01. The maximum Gasteiger partial charge on any atom is 0.418 e. The number of carbonyl (C=O) groups is 4. The number of nitrogens with zero attached hydrogens (tertiary/aromatic N) is 1. The summed E-state index contributed by atoms with van der Waals surface area (Å²) in [7, 11) is 0. The van der Waals surface area contributed by atoms with Gasteiger partial charge in [-0.05, 0) is 49.2 Å². The van der Waals surface area contributed by atoms with E-state index in [-0.39, 0.29) is 42.6 Å². The first-order valence-corrected chi connectivity index (χ1v) is 10.5. The monoisotopic (exact) mass is 475 g/mol. The minimum atomic E-state index is -4.63. The van der Waals surface area contributed by atoms with Crippen molar-refractivity contribution >= 4 is 29.3 Å². The summed E-state index contributed by atoms with van der Waals surface area (Å²) in [5.74, 6) is -1.81. The van der Waals surface area contributed by atoms with E-state index in [0.717, 1.165) is 12.1 Å². The van der Waals surface area contributed by atoms with Gasteiger partial charge in [-0.2, -0.15) is 13.2 Å². The van der Waals surface area contributed by atoms with Gasteiger partial charge in [-0.1, -0.05) is 12.1 Å². The number of benzene rings is 2. The Bertz CT molecular complexity index is 1180. The lowest BCUT2D eigenvalue weighted by Crippen LogP contribution is -2.52. The Labute approximate surface area is 192 Å². The molecule has 0 spiro atoms. The van der Waals surface area contributed by atoms with Crippen LogP contribution in [0, 0.1) is 0 Å². The van der Waals surface area contributed by atoms with Crippen LogP contribution in [0.25, 0.3) is 0 Å². The smallest absolute Gasteiger partial charge is 0.418 e. The number of ether oxygens (including phenoxy) is 1. The lowest BCUT2D eigenvalue weighted by molar-refractivity contribution is -0.138. The van der Waals surface area contributed by atoms with E-state index >= 15 is 0 Å². The van der Waals surface area contributed by atoms with Crippen molar-refractivity contribution in [3.05, 3.63) is 59.2 Å². The molecule has 2 aromatic rings. The fourth-order valence-corrected chi connectivity index (χ4v) is 3.96. The number of imide groups is 1. The first kappa shape index (κ1) is 23.3. The Morgan fingerprint density at radius 2 is 1.91 bits per heavy atom. The van der Waals surface area contributed by atoms with Gasteiger partial charge in [0, 0.05) is 18.5 Å². The van der Waals surface area contributed by atoms with Crippen LogP contribution in [-0.2, 0) is 27.1 Å². The van der Waals surface area contributed by atoms with Crippen molar-refractivity contribution in [3.8, 4) is 5.75 Å². The minimum Gasteiger partial charge on any atom is -0.481 e. The molecule has 0 radical (unpaired) electrons. The standard InChI is InChI=1S/C23H20F3N3O5/c1-12(20(31)27-17-5-3-2-4-16(17)23(24,25)26)34-14-6-7-15-13(10-14)11-29(22(15)33)18-8-9-19(30)28-21(18)32/h2-7,10,12,18H,8-9,11H2,1H3,(H,27,31)(H,28,30,32). The first-order valence-electron chi connectivity index (χ1n) is 10.5. The van der Waals surface area contributed by atoms with Crippen molar-refractivity contribution in [1.29, 1.82) is 0 Å². The van der Waals surface area contributed by atoms with Gasteiger partial charge in [-0.25, -0.2) is 0 Å². The van der Waals surface area contributed by atoms with Crippen molar-refractivity contribution in [1.82, 2.24) is 10.2 Å². The maximum atomic E-state index is 13.2. The number of hydrogen-bond donors (Lipinski definition) is 2. The van der Waals surface area contributed by atoms with Gasteiger partial charge in [0.15, 0.2) is 6.10 Å². The summed E-state index contributed by atoms with van der Waals surface area (Å²) in [4.78, 5) is 50.1. The maximum absolute atomic E-state index is 13.2. The molecular formula is C23H20F3N3O5. The molecule has 2 aromatic carbocycles. The number of hydrogen-bond acceptors (Lipinski definition) is 5. The zero-order chi connectivity index (χ0) is 24.6. The molecular weight excluding hydrogens is 455 g/mol. The van der Waals surface area contributed by atoms with Crippen molar-refractivity contribution in [2.75, 3.05) is 5.32 Å². The van der Waals surface area contributed by atoms with Crippen LogP contribution < -0.4 is 15.4 Å². The number of amides is 4. The van der Waals surface area contributed by atoms with Crippen molar-refractivity contribution in [3.63, 3.8) is 0 Å². The highest BCUT2D eigenvalue weighted by molar-refractivity contribution is 6.05. The highest BCUT2D eigenvalue weighted by Gasteiger charge is 2.39. The molecule has 34 heavy (non-hydrogen) atoms. The number of anilines is 1. The summed E-state index contributed by atoms with van der Waals surface area (Å²) in [6, 6.07) is 8.38. The number of piperidine rings is 1. The van der Waals surface area contributed by atoms with Gasteiger partial charge in [0.25, 0.3) is 11.8 Å². The fourth-order valence-electron chi connectivity index (χ4n) is 3.96.